The highest BCUT2D eigenvalue weighted by Crippen LogP contribution is 2.07. The Morgan fingerprint density at radius 3 is 2.53 bits per heavy atom. The smallest absolute Gasteiger partial charge is 0.0313 e. The first-order valence-electron chi connectivity index (χ1n) is 6.00. The van der Waals surface area contributed by atoms with Gasteiger partial charge in [-0.25, -0.2) is 0 Å². The number of rotatable bonds is 7. The average molecular weight is 207 g/mol. The summed E-state index contributed by atoms with van der Waals surface area (Å²) < 4.78 is 0. The molecule has 1 heteroatoms. The Morgan fingerprint density at radius 2 is 1.93 bits per heavy atom. The maximum atomic E-state index is 5.86. The quantitative estimate of drug-likeness (QED) is 0.618. The molecule has 0 aromatic carbocycles. The van der Waals surface area contributed by atoms with E-state index in [0.29, 0.717) is 0 Å². The molecule has 0 bridgehead atoms. The maximum Gasteiger partial charge on any atom is 0.0313 e. The van der Waals surface area contributed by atoms with Crippen LogP contribution in [0.3, 0.4) is 0 Å². The molecule has 0 saturated heterocycles. The van der Waals surface area contributed by atoms with Crippen molar-refractivity contribution in [1.29, 1.82) is 0 Å². The molecule has 0 aliphatic carbocycles. The molecule has 0 aliphatic rings. The van der Waals surface area contributed by atoms with Gasteiger partial charge in [0.05, 0.1) is 0 Å². The second-order valence-corrected chi connectivity index (χ2v) is 3.98. The van der Waals surface area contributed by atoms with Crippen LogP contribution in [0.2, 0.25) is 0 Å². The number of nitrogens with two attached hydrogens (primary N) is 1. The number of unbranched alkanes of at least 4 members (excludes halogenated alkanes) is 2. The van der Waals surface area contributed by atoms with Crippen LogP contribution >= 0.6 is 0 Å². The Labute approximate surface area is 94.8 Å². The molecule has 0 amide bonds. The van der Waals surface area contributed by atoms with E-state index in [9.17, 15) is 0 Å². The van der Waals surface area contributed by atoms with Crippen LogP contribution in [-0.4, -0.2) is 0 Å². The maximum absolute atomic E-state index is 5.86. The van der Waals surface area contributed by atoms with Gasteiger partial charge < -0.3 is 5.73 Å². The van der Waals surface area contributed by atoms with Crippen molar-refractivity contribution in [2.45, 2.75) is 52.9 Å². The Morgan fingerprint density at radius 1 is 1.20 bits per heavy atom. The third kappa shape index (κ3) is 9.33. The first-order valence-corrected chi connectivity index (χ1v) is 6.00. The summed E-state index contributed by atoms with van der Waals surface area (Å²) in [6, 6.07) is 0. The Balaban J connectivity index is 4.02. The van der Waals surface area contributed by atoms with Crippen molar-refractivity contribution in [2.24, 2.45) is 5.73 Å². The normalized spacial score (nSPS) is 13.8. The predicted octanol–water partition coefficient (Wildman–Crippen LogP) is 4.32. The van der Waals surface area contributed by atoms with E-state index in [2.05, 4.69) is 32.9 Å². The molecule has 0 aromatic heterocycles. The van der Waals surface area contributed by atoms with Gasteiger partial charge in [-0.05, 0) is 38.3 Å². The molecule has 1 nitrogen and oxygen atoms in total. The summed E-state index contributed by atoms with van der Waals surface area (Å²) in [7, 11) is 0. The Kier molecular flexibility index (Phi) is 8.95. The minimum Gasteiger partial charge on any atom is -0.399 e. The zero-order valence-electron chi connectivity index (χ0n) is 10.4. The summed E-state index contributed by atoms with van der Waals surface area (Å²) in [5.74, 6) is 0. The van der Waals surface area contributed by atoms with Gasteiger partial charge in [0.1, 0.15) is 0 Å². The minimum absolute atomic E-state index is 0.857. The summed E-state index contributed by atoms with van der Waals surface area (Å²) in [5, 5.41) is 0. The van der Waals surface area contributed by atoms with Crippen molar-refractivity contribution >= 4 is 0 Å². The standard InChI is InChI=1S/C14H25N/c1-4-6-8-9-11-14(15)12-13(3)10-7-5-2/h8-9,11-12H,4-7,10,15H2,1-3H3/b9-8+,13-12+,14-11+. The Hall–Kier alpha value is -0.980. The monoisotopic (exact) mass is 207 g/mol. The molecule has 0 atom stereocenters. The van der Waals surface area contributed by atoms with E-state index in [4.69, 9.17) is 5.73 Å². The highest BCUT2D eigenvalue weighted by molar-refractivity contribution is 5.23. The summed E-state index contributed by atoms with van der Waals surface area (Å²) in [4.78, 5) is 0. The molecule has 0 heterocycles. The van der Waals surface area contributed by atoms with E-state index in [1.165, 1.54) is 24.8 Å². The van der Waals surface area contributed by atoms with E-state index in [-0.39, 0.29) is 0 Å². The first kappa shape index (κ1) is 14.0. The van der Waals surface area contributed by atoms with Crippen molar-refractivity contribution in [3.05, 3.63) is 35.6 Å². The molecule has 0 radical (unpaired) electrons. The van der Waals surface area contributed by atoms with Gasteiger partial charge >= 0.3 is 0 Å². The van der Waals surface area contributed by atoms with E-state index in [1.807, 2.05) is 12.2 Å². The lowest BCUT2D eigenvalue weighted by Crippen LogP contribution is -1.93. The van der Waals surface area contributed by atoms with Crippen LogP contribution in [0.5, 0.6) is 0 Å². The average Bonchev–Trinajstić information content (AvgIpc) is 2.21. The third-order valence-corrected chi connectivity index (χ3v) is 2.22. The second kappa shape index (κ2) is 9.57. The lowest BCUT2D eigenvalue weighted by Gasteiger charge is -1.99. The van der Waals surface area contributed by atoms with Gasteiger partial charge in [-0.2, -0.15) is 0 Å². The second-order valence-electron chi connectivity index (χ2n) is 3.98. The van der Waals surface area contributed by atoms with Crippen molar-refractivity contribution in [1.82, 2.24) is 0 Å². The van der Waals surface area contributed by atoms with E-state index in [0.717, 1.165) is 18.5 Å². The number of hydrogen-bond donors (Lipinski definition) is 1. The summed E-state index contributed by atoms with van der Waals surface area (Å²) in [6.45, 7) is 6.53. The van der Waals surface area contributed by atoms with Crippen molar-refractivity contribution in [3.8, 4) is 0 Å². The molecular weight excluding hydrogens is 182 g/mol. The molecule has 0 aliphatic heterocycles. The fraction of sp³-hybridized carbons (Fsp3) is 0.571. The fourth-order valence-electron chi connectivity index (χ4n) is 1.30. The van der Waals surface area contributed by atoms with Crippen molar-refractivity contribution in [2.75, 3.05) is 0 Å². The molecular formula is C14H25N. The highest BCUT2D eigenvalue weighted by Gasteiger charge is 1.89. The van der Waals surface area contributed by atoms with Gasteiger partial charge in [-0.1, -0.05) is 44.4 Å². The zero-order chi connectivity index (χ0) is 11.5. The van der Waals surface area contributed by atoms with Crippen molar-refractivity contribution in [3.63, 3.8) is 0 Å². The topological polar surface area (TPSA) is 26.0 Å². The molecule has 86 valence electrons. The molecule has 0 rings (SSSR count). The Bertz CT molecular complexity index is 234. The molecule has 0 unspecified atom stereocenters. The van der Waals surface area contributed by atoms with Gasteiger partial charge in [-0.15, -0.1) is 0 Å². The molecule has 2 N–H and O–H groups in total. The van der Waals surface area contributed by atoms with Crippen LogP contribution in [0.1, 0.15) is 52.9 Å². The number of allylic oxidation sites excluding steroid dienone is 5. The van der Waals surface area contributed by atoms with E-state index >= 15 is 0 Å². The van der Waals surface area contributed by atoms with Gasteiger partial charge in [0.15, 0.2) is 0 Å². The highest BCUT2D eigenvalue weighted by atomic mass is 14.5. The minimum atomic E-state index is 0.857. The van der Waals surface area contributed by atoms with Crippen LogP contribution in [0.4, 0.5) is 0 Å². The van der Waals surface area contributed by atoms with Crippen LogP contribution in [0, 0.1) is 0 Å². The first-order chi connectivity index (χ1) is 7.20. The van der Waals surface area contributed by atoms with Crippen molar-refractivity contribution < 1.29 is 0 Å². The van der Waals surface area contributed by atoms with E-state index in [1.54, 1.807) is 0 Å². The van der Waals surface area contributed by atoms with Crippen LogP contribution in [0.15, 0.2) is 35.6 Å². The fourth-order valence-corrected chi connectivity index (χ4v) is 1.30. The zero-order valence-corrected chi connectivity index (χ0v) is 10.4. The van der Waals surface area contributed by atoms with Crippen LogP contribution in [-0.2, 0) is 0 Å². The van der Waals surface area contributed by atoms with Gasteiger partial charge in [0.2, 0.25) is 0 Å². The molecule has 0 aromatic rings. The predicted molar refractivity (Wildman–Crippen MR) is 69.6 cm³/mol. The lowest BCUT2D eigenvalue weighted by molar-refractivity contribution is 0.786. The van der Waals surface area contributed by atoms with Gasteiger partial charge in [-0.3, -0.25) is 0 Å². The molecule has 15 heavy (non-hydrogen) atoms. The summed E-state index contributed by atoms with van der Waals surface area (Å²) in [6.07, 6.45) is 14.2. The lowest BCUT2D eigenvalue weighted by atomic mass is 10.1. The van der Waals surface area contributed by atoms with E-state index < -0.39 is 0 Å². The summed E-state index contributed by atoms with van der Waals surface area (Å²) in [5.41, 5.74) is 8.09. The third-order valence-electron chi connectivity index (χ3n) is 2.22. The largest absolute Gasteiger partial charge is 0.399 e. The van der Waals surface area contributed by atoms with Gasteiger partial charge in [0, 0.05) is 5.70 Å². The summed E-state index contributed by atoms with van der Waals surface area (Å²) >= 11 is 0. The SMILES string of the molecule is CCC/C=C/C=C(N)\C=C(/C)CCCC. The molecule has 0 spiro atoms. The number of hydrogen-bond acceptors (Lipinski definition) is 1. The molecule has 0 saturated carbocycles. The van der Waals surface area contributed by atoms with Crippen LogP contribution < -0.4 is 5.73 Å². The van der Waals surface area contributed by atoms with Gasteiger partial charge in [0.25, 0.3) is 0 Å². The molecule has 0 fully saturated rings. The van der Waals surface area contributed by atoms with Crippen LogP contribution in [0.25, 0.3) is 0 Å².